The number of para-hydroxylation sites is 1. The van der Waals surface area contributed by atoms with Crippen LogP contribution < -0.4 is 14.7 Å². The molecule has 0 bridgehead atoms. The molecule has 8 atom stereocenters. The van der Waals surface area contributed by atoms with Crippen LogP contribution in [-0.2, 0) is 6.42 Å². The molecule has 0 N–H and O–H groups in total. The van der Waals surface area contributed by atoms with E-state index < -0.39 is 0 Å². The van der Waals surface area contributed by atoms with Gasteiger partial charge in [0.05, 0.1) is 0 Å². The maximum atomic E-state index is 4.26. The van der Waals surface area contributed by atoms with Crippen LogP contribution >= 0.6 is 0 Å². The lowest BCUT2D eigenvalue weighted by Crippen LogP contribution is -2.51. The van der Waals surface area contributed by atoms with Crippen molar-refractivity contribution in [1.29, 1.82) is 0 Å². The van der Waals surface area contributed by atoms with Crippen LogP contribution in [0.25, 0.3) is 0 Å². The molecule has 808 valence electrons. The predicted octanol–water partition coefficient (Wildman–Crippen LogP) is 34.8. The van der Waals surface area contributed by atoms with E-state index in [0.29, 0.717) is 35.9 Å². The third kappa shape index (κ3) is 52.5. The van der Waals surface area contributed by atoms with Crippen LogP contribution in [0.2, 0.25) is 0 Å². The van der Waals surface area contributed by atoms with E-state index in [2.05, 4.69) is 352 Å². The van der Waals surface area contributed by atoms with Gasteiger partial charge in [0.25, 0.3) is 0 Å². The van der Waals surface area contributed by atoms with Gasteiger partial charge in [-0.2, -0.15) is 0 Å². The summed E-state index contributed by atoms with van der Waals surface area (Å²) in [6, 6.07) is 25.9. The Balaban J connectivity index is -0.000000464. The number of hydrogen-bond donors (Lipinski definition) is 0. The number of benzene rings is 2. The molecule has 0 radical (unpaired) electrons. The van der Waals surface area contributed by atoms with E-state index >= 15 is 0 Å². The van der Waals surface area contributed by atoms with E-state index in [0.717, 1.165) is 132 Å². The number of likely N-dealkylation sites (tertiary alicyclic amines) is 7. The first-order valence-electron chi connectivity index (χ1n) is 59.1. The van der Waals surface area contributed by atoms with Gasteiger partial charge < -0.3 is 39.2 Å². The normalized spacial score (nSPS) is 21.2. The molecule has 136 heavy (non-hydrogen) atoms. The molecule has 2 aromatic carbocycles. The molecule has 13 rings (SSSR count). The summed E-state index contributed by atoms with van der Waals surface area (Å²) in [6.45, 7) is 140. The second-order valence-electron chi connectivity index (χ2n) is 44.4. The van der Waals surface area contributed by atoms with Crippen molar-refractivity contribution in [2.75, 3.05) is 119 Å². The lowest BCUT2D eigenvalue weighted by molar-refractivity contribution is 0.0408. The van der Waals surface area contributed by atoms with E-state index in [1.807, 2.05) is 137 Å². The number of anilines is 3. The van der Waals surface area contributed by atoms with Crippen molar-refractivity contribution in [2.45, 2.75) is 529 Å². The van der Waals surface area contributed by atoms with E-state index in [1.165, 1.54) is 203 Å². The molecule has 0 saturated carbocycles. The fourth-order valence-corrected chi connectivity index (χ4v) is 20.3. The van der Waals surface area contributed by atoms with Gasteiger partial charge in [0.15, 0.2) is 0 Å². The first-order valence-corrected chi connectivity index (χ1v) is 59.1. The molecule has 0 spiro atoms. The van der Waals surface area contributed by atoms with E-state index in [9.17, 15) is 0 Å². The van der Waals surface area contributed by atoms with E-state index in [1.54, 1.807) is 5.56 Å². The number of pyridine rings is 1. The fourth-order valence-electron chi connectivity index (χ4n) is 20.3. The summed E-state index contributed by atoms with van der Waals surface area (Å²) in [5.41, 5.74) is 10.3. The second-order valence-corrected chi connectivity index (χ2v) is 44.4. The largest absolute Gasteiger partial charge is 0.369 e. The van der Waals surface area contributed by atoms with E-state index in [-0.39, 0.29) is 0 Å². The molecule has 10 aliphatic heterocycles. The quantitative estimate of drug-likeness (QED) is 0.109. The summed E-state index contributed by atoms with van der Waals surface area (Å²) in [5, 5.41) is 0. The smallest absolute Gasteiger partial charge is 0.0435 e. The maximum Gasteiger partial charge on any atom is 0.0435 e. The number of piperidine rings is 1. The van der Waals surface area contributed by atoms with Crippen LogP contribution in [0.15, 0.2) is 60.9 Å². The van der Waals surface area contributed by atoms with Gasteiger partial charge in [-0.25, -0.2) is 0 Å². The lowest BCUT2D eigenvalue weighted by Gasteiger charge is -2.44. The zero-order valence-electron chi connectivity index (χ0n) is 103. The topological polar surface area (TPSA) is 45.3 Å². The van der Waals surface area contributed by atoms with Crippen LogP contribution in [-0.4, -0.2) is 210 Å². The molecular weight excluding hydrogens is 1660 g/mol. The molecule has 3 aromatic rings. The van der Waals surface area contributed by atoms with Crippen molar-refractivity contribution >= 4 is 17.1 Å². The highest BCUT2D eigenvalue weighted by atomic mass is 15.3. The molecule has 8 unspecified atom stereocenters. The minimum atomic E-state index is 0.579. The van der Waals surface area contributed by atoms with Crippen molar-refractivity contribution in [1.82, 2.24) is 39.3 Å². The van der Waals surface area contributed by atoms with Gasteiger partial charge in [-0.1, -0.05) is 272 Å². The monoisotopic (exact) mass is 1910 g/mol. The Morgan fingerprint density at radius 1 is 0.294 bits per heavy atom. The minimum Gasteiger partial charge on any atom is -0.369 e. The molecule has 10 aliphatic rings. The van der Waals surface area contributed by atoms with Crippen LogP contribution in [0.3, 0.4) is 0 Å². The molecule has 11 heteroatoms. The Kier molecular flexibility index (Phi) is 84.0. The number of rotatable bonds is 20. The Hall–Kier alpha value is -3.29. The Morgan fingerprint density at radius 3 is 1.11 bits per heavy atom. The second kappa shape index (κ2) is 81.0. The summed E-state index contributed by atoms with van der Waals surface area (Å²) in [4.78, 5) is 30.1. The highest BCUT2D eigenvalue weighted by molar-refractivity contribution is 5.62. The Morgan fingerprint density at radius 2 is 0.699 bits per heavy atom. The van der Waals surface area contributed by atoms with Crippen molar-refractivity contribution in [2.24, 2.45) is 76.9 Å². The highest BCUT2D eigenvalue weighted by Crippen LogP contribution is 2.43. The van der Waals surface area contributed by atoms with Crippen molar-refractivity contribution in [3.63, 3.8) is 0 Å². The SMILES string of the molecule is CC.CC.CC.CC.CC.CC.CC.CC.CC.CC(C)C1CCCCN(C(C)C)C1.CC(C)C1CCCN(C(C)C)C1.CC(C)C1CCN(C(C)C)C1.CC(C)C1CN(C(C)C)C1.CC(C)C1CN(C(C)C)c2ccncc21.CC(C)CC1CCN(C(C)C)C1.CC(C)CC1CN(C(C)C)c2ccccc21.CC(C)N1CC2CCN(C(C)C)C2C1.CC(C)c1ccc2c(c1)CCN2C(C)C. The zero-order valence-corrected chi connectivity index (χ0v) is 103. The van der Waals surface area contributed by atoms with Crippen molar-refractivity contribution in [3.8, 4) is 0 Å². The predicted molar refractivity (Wildman–Crippen MR) is 627 cm³/mol. The highest BCUT2D eigenvalue weighted by Gasteiger charge is 2.43. The molecule has 11 heterocycles. The zero-order chi connectivity index (χ0) is 106. The van der Waals surface area contributed by atoms with Crippen LogP contribution in [0.4, 0.5) is 17.1 Å². The van der Waals surface area contributed by atoms with Gasteiger partial charge in [0, 0.05) is 180 Å². The van der Waals surface area contributed by atoms with Crippen molar-refractivity contribution < 1.29 is 0 Å². The summed E-state index contributed by atoms with van der Waals surface area (Å²) in [6.07, 6.45) is 19.3. The molecule has 11 nitrogen and oxygen atoms in total. The summed E-state index contributed by atoms with van der Waals surface area (Å²) >= 11 is 0. The first-order chi connectivity index (χ1) is 64.4. The van der Waals surface area contributed by atoms with Crippen molar-refractivity contribution in [3.05, 3.63) is 83.2 Å². The standard InChI is InChI=1S/C15H23N.C14H21N.C13H20N2.C12H24N2.C12H25N.2C11H23N.C10H21N.C9H19N.9C2H6/c1-11(2)9-13-10-16(12(3)4)15-8-6-5-7-14(13)15;1-10(2)12-5-6-14-13(9-12)7-8-15(14)11(3)4;1-9(2)12-8-15(10(3)4)13-5-6-14-7-11(12)13;1-9(2)13-7-11-5-6-14(10(3)4)12(11)8-13;1-10(2)12-7-5-6-8-13(9-12)11(3)4;1-9(2)7-11-5-6-12(8-11)10(3)4;1-9(2)11-6-5-7-12(8-11)10(3)4;1-8(2)10-5-6-11(7-10)9(3)4;1-7(2)9-5-10(6-9)8(3)4;9*1-2/h5-8,11-13H,9-10H2,1-4H3;5-6,9-11H,7-8H2,1-4H3;5-7,9-10,12H,8H2,1-4H3;9-12H,5-8H2,1-4H3;10-12H,5-9H2,1-4H3;2*9-11H,5-8H2,1-4H3;8-10H,5-7H2,1-4H3;7-9H,5-6H2,1-4H3;9*1-2H3. The van der Waals surface area contributed by atoms with Gasteiger partial charge in [-0.15, -0.1) is 0 Å². The number of fused-ring (bicyclic) bond motifs is 4. The molecular formula is C125H253N11. The van der Waals surface area contributed by atoms with Crippen LogP contribution in [0.5, 0.6) is 0 Å². The third-order valence-corrected chi connectivity index (χ3v) is 29.1. The minimum absolute atomic E-state index is 0.579. The Labute approximate surface area is 859 Å². The molecule has 0 aliphatic carbocycles. The van der Waals surface area contributed by atoms with Gasteiger partial charge in [-0.05, 0) is 359 Å². The third-order valence-electron chi connectivity index (χ3n) is 29.1. The fraction of sp³-hybridized carbons (Fsp3) is 0.864. The number of nitrogens with zero attached hydrogens (tertiary/aromatic N) is 11. The van der Waals surface area contributed by atoms with Crippen LogP contribution in [0, 0.1) is 76.9 Å². The number of aromatic nitrogens is 1. The maximum absolute atomic E-state index is 4.26. The Bertz CT molecular complexity index is 3050. The summed E-state index contributed by atoms with van der Waals surface area (Å²) in [5.74, 6) is 13.6. The first kappa shape index (κ1) is 141. The number of hydrogen-bond acceptors (Lipinski definition) is 11. The molecule has 1 aromatic heterocycles. The van der Waals surface area contributed by atoms with E-state index in [4.69, 9.17) is 0 Å². The lowest BCUT2D eigenvalue weighted by atomic mass is 9.87. The van der Waals surface area contributed by atoms with Gasteiger partial charge in [-0.3, -0.25) is 14.8 Å². The molecule has 0 amide bonds. The molecule has 7 saturated heterocycles. The average Bonchev–Trinajstić information content (AvgIpc) is 1.65. The van der Waals surface area contributed by atoms with Gasteiger partial charge in [0.2, 0.25) is 0 Å². The molecule has 7 fully saturated rings. The van der Waals surface area contributed by atoms with Crippen LogP contribution in [0.1, 0.15) is 478 Å². The van der Waals surface area contributed by atoms with Gasteiger partial charge in [0.1, 0.15) is 0 Å². The summed E-state index contributed by atoms with van der Waals surface area (Å²) in [7, 11) is 0. The summed E-state index contributed by atoms with van der Waals surface area (Å²) < 4.78 is 0. The van der Waals surface area contributed by atoms with Gasteiger partial charge >= 0.3 is 0 Å². The average molecular weight is 1910 g/mol.